The number of carbonyl (C=O) groups is 1. The van der Waals surface area contributed by atoms with Crippen molar-refractivity contribution in [2.45, 2.75) is 38.8 Å². The Labute approximate surface area is 192 Å². The fourth-order valence-electron chi connectivity index (χ4n) is 4.85. The molecule has 1 amide bonds. The van der Waals surface area contributed by atoms with E-state index in [0.29, 0.717) is 38.9 Å². The van der Waals surface area contributed by atoms with Crippen molar-refractivity contribution in [2.24, 2.45) is 0 Å². The van der Waals surface area contributed by atoms with Gasteiger partial charge in [-0.1, -0.05) is 0 Å². The first-order valence-corrected chi connectivity index (χ1v) is 11.6. The third-order valence-corrected chi connectivity index (χ3v) is 6.55. The molecule has 2 atom stereocenters. The average molecular weight is 455 g/mol. The molecule has 33 heavy (non-hydrogen) atoms. The van der Waals surface area contributed by atoms with Crippen LogP contribution in [0.15, 0.2) is 12.4 Å². The van der Waals surface area contributed by atoms with Crippen LogP contribution in [0, 0.1) is 0 Å². The monoisotopic (exact) mass is 454 g/mol. The number of aromatic nitrogens is 4. The first-order chi connectivity index (χ1) is 16.0. The molecule has 5 rings (SSSR count). The van der Waals surface area contributed by atoms with Gasteiger partial charge >= 0.3 is 6.09 Å². The minimum absolute atomic E-state index is 0.174. The highest BCUT2D eigenvalue weighted by Crippen LogP contribution is 2.38. The number of fused-ring (bicyclic) bond motifs is 1. The summed E-state index contributed by atoms with van der Waals surface area (Å²) in [6.07, 6.45) is 4.90. The lowest BCUT2D eigenvalue weighted by molar-refractivity contribution is 0.0981. The highest BCUT2D eigenvalue weighted by Gasteiger charge is 2.37. The number of morpholine rings is 1. The van der Waals surface area contributed by atoms with Gasteiger partial charge in [-0.05, 0) is 26.7 Å². The van der Waals surface area contributed by atoms with Gasteiger partial charge < -0.3 is 29.9 Å². The first-order valence-electron chi connectivity index (χ1n) is 11.6. The maximum Gasteiger partial charge on any atom is 0.409 e. The maximum absolute atomic E-state index is 12.2. The van der Waals surface area contributed by atoms with Gasteiger partial charge in [0, 0.05) is 55.7 Å². The van der Waals surface area contributed by atoms with Crippen LogP contribution >= 0.6 is 0 Å². The van der Waals surface area contributed by atoms with Gasteiger partial charge in [0.05, 0.1) is 31.6 Å². The SMILES string of the molecule is CCOC(=O)N1CC[C@H](N2CCc3c(-c4cnc(N)nc4)nc(N4CCOC[C@@H]4C)nc32)C1. The molecule has 0 saturated carbocycles. The van der Waals surface area contributed by atoms with E-state index in [1.165, 1.54) is 0 Å². The number of nitrogens with two attached hydrogens (primary N) is 1. The first kappa shape index (κ1) is 21.6. The van der Waals surface area contributed by atoms with Crippen molar-refractivity contribution in [1.82, 2.24) is 24.8 Å². The minimum Gasteiger partial charge on any atom is -0.450 e. The molecule has 0 unspecified atom stereocenters. The predicted molar refractivity (Wildman–Crippen MR) is 123 cm³/mol. The third-order valence-electron chi connectivity index (χ3n) is 6.55. The second-order valence-corrected chi connectivity index (χ2v) is 8.65. The van der Waals surface area contributed by atoms with Gasteiger partial charge in [-0.3, -0.25) is 0 Å². The van der Waals surface area contributed by atoms with Gasteiger partial charge in [-0.15, -0.1) is 0 Å². The van der Waals surface area contributed by atoms with E-state index >= 15 is 0 Å². The molecule has 176 valence electrons. The van der Waals surface area contributed by atoms with Crippen molar-refractivity contribution in [2.75, 3.05) is 61.5 Å². The van der Waals surface area contributed by atoms with Crippen LogP contribution in [0.4, 0.5) is 22.5 Å². The standard InChI is InChI=1S/C22H30N8O3/c1-3-33-22(31)28-6-4-16(12-28)30-7-5-17-18(15-10-24-20(23)25-11-15)26-21(27-19(17)30)29-8-9-32-13-14(29)2/h10-11,14,16H,3-9,12-13H2,1-2H3,(H2,23,24,25)/t14-,16-/m0/s1. The summed E-state index contributed by atoms with van der Waals surface area (Å²) in [6, 6.07) is 0.365. The average Bonchev–Trinajstić information content (AvgIpc) is 3.47. The van der Waals surface area contributed by atoms with Crippen LogP contribution in [0.25, 0.3) is 11.3 Å². The van der Waals surface area contributed by atoms with Gasteiger partial charge in [-0.25, -0.2) is 19.7 Å². The number of nitrogens with zero attached hydrogens (tertiary/aromatic N) is 7. The largest absolute Gasteiger partial charge is 0.450 e. The highest BCUT2D eigenvalue weighted by atomic mass is 16.6. The van der Waals surface area contributed by atoms with Crippen molar-refractivity contribution >= 4 is 23.8 Å². The summed E-state index contributed by atoms with van der Waals surface area (Å²) >= 11 is 0. The third kappa shape index (κ3) is 4.12. The molecule has 0 radical (unpaired) electrons. The lowest BCUT2D eigenvalue weighted by atomic mass is 10.1. The highest BCUT2D eigenvalue weighted by molar-refractivity contribution is 5.73. The maximum atomic E-state index is 12.2. The second-order valence-electron chi connectivity index (χ2n) is 8.65. The van der Waals surface area contributed by atoms with Crippen LogP contribution in [0.5, 0.6) is 0 Å². The quantitative estimate of drug-likeness (QED) is 0.724. The Bertz CT molecular complexity index is 1020. The smallest absolute Gasteiger partial charge is 0.409 e. The topological polar surface area (TPSA) is 123 Å². The van der Waals surface area contributed by atoms with E-state index in [4.69, 9.17) is 25.2 Å². The van der Waals surface area contributed by atoms with Crippen LogP contribution in [0.2, 0.25) is 0 Å². The molecule has 2 aromatic heterocycles. The number of ether oxygens (including phenoxy) is 2. The van der Waals surface area contributed by atoms with Gasteiger partial charge in [0.2, 0.25) is 11.9 Å². The van der Waals surface area contributed by atoms with E-state index in [1.807, 2.05) is 6.92 Å². The van der Waals surface area contributed by atoms with Crippen LogP contribution in [0.1, 0.15) is 25.8 Å². The van der Waals surface area contributed by atoms with E-state index in [-0.39, 0.29) is 24.1 Å². The Morgan fingerprint density at radius 2 is 2.03 bits per heavy atom. The number of carbonyl (C=O) groups excluding carboxylic acids is 1. The fraction of sp³-hybridized carbons (Fsp3) is 0.591. The van der Waals surface area contributed by atoms with Gasteiger partial charge in [-0.2, -0.15) is 4.98 Å². The Hall–Kier alpha value is -3.21. The minimum atomic E-state index is -0.246. The molecule has 3 aliphatic heterocycles. The van der Waals surface area contributed by atoms with Crippen LogP contribution < -0.4 is 15.5 Å². The van der Waals surface area contributed by atoms with Crippen molar-refractivity contribution in [1.29, 1.82) is 0 Å². The molecule has 0 spiro atoms. The summed E-state index contributed by atoms with van der Waals surface area (Å²) in [4.78, 5) is 36.9. The molecule has 2 saturated heterocycles. The van der Waals surface area contributed by atoms with Crippen molar-refractivity contribution in [3.63, 3.8) is 0 Å². The zero-order valence-corrected chi connectivity index (χ0v) is 19.1. The molecule has 11 nitrogen and oxygen atoms in total. The number of nitrogen functional groups attached to an aromatic ring is 1. The number of likely N-dealkylation sites (tertiary alicyclic amines) is 1. The van der Waals surface area contributed by atoms with E-state index in [9.17, 15) is 4.79 Å². The lowest BCUT2D eigenvalue weighted by Crippen LogP contribution is -2.45. The molecule has 0 aliphatic carbocycles. The van der Waals surface area contributed by atoms with Crippen molar-refractivity contribution in [3.8, 4) is 11.3 Å². The summed E-state index contributed by atoms with van der Waals surface area (Å²) in [5, 5.41) is 0. The van der Waals surface area contributed by atoms with Gasteiger partial charge in [0.15, 0.2) is 0 Å². The van der Waals surface area contributed by atoms with Crippen molar-refractivity contribution < 1.29 is 14.3 Å². The number of amides is 1. The molecular weight excluding hydrogens is 424 g/mol. The molecule has 11 heteroatoms. The number of hydrogen-bond donors (Lipinski definition) is 1. The molecule has 2 N–H and O–H groups in total. The van der Waals surface area contributed by atoms with Crippen molar-refractivity contribution in [3.05, 3.63) is 18.0 Å². The summed E-state index contributed by atoms with van der Waals surface area (Å²) in [6.45, 7) is 8.50. The number of hydrogen-bond acceptors (Lipinski definition) is 10. The Balaban J connectivity index is 1.51. The van der Waals surface area contributed by atoms with Crippen LogP contribution in [-0.2, 0) is 15.9 Å². The zero-order chi connectivity index (χ0) is 22.9. The molecule has 0 bridgehead atoms. The number of anilines is 3. The van der Waals surface area contributed by atoms with Gasteiger partial charge in [0.25, 0.3) is 0 Å². The van der Waals surface area contributed by atoms with E-state index < -0.39 is 0 Å². The van der Waals surface area contributed by atoms with Crippen LogP contribution in [-0.4, -0.2) is 89.0 Å². The van der Waals surface area contributed by atoms with E-state index in [0.717, 1.165) is 48.6 Å². The fourth-order valence-corrected chi connectivity index (χ4v) is 4.85. The number of rotatable bonds is 4. The zero-order valence-electron chi connectivity index (χ0n) is 19.1. The summed E-state index contributed by atoms with van der Waals surface area (Å²) in [5.41, 5.74) is 8.47. The predicted octanol–water partition coefficient (Wildman–Crippen LogP) is 1.33. The summed E-state index contributed by atoms with van der Waals surface area (Å²) in [5.74, 6) is 1.85. The van der Waals surface area contributed by atoms with E-state index in [2.05, 4.69) is 26.7 Å². The van der Waals surface area contributed by atoms with Crippen LogP contribution in [0.3, 0.4) is 0 Å². The Morgan fingerprint density at radius 3 is 2.79 bits per heavy atom. The molecule has 0 aromatic carbocycles. The Kier molecular flexibility index (Phi) is 5.88. The van der Waals surface area contributed by atoms with E-state index in [1.54, 1.807) is 17.3 Å². The summed E-state index contributed by atoms with van der Waals surface area (Å²) < 4.78 is 10.8. The molecule has 3 aliphatic rings. The lowest BCUT2D eigenvalue weighted by Gasteiger charge is -2.34. The Morgan fingerprint density at radius 1 is 1.21 bits per heavy atom. The molecule has 5 heterocycles. The molecular formula is C22H30N8O3. The summed E-state index contributed by atoms with van der Waals surface area (Å²) in [7, 11) is 0. The normalized spacial score (nSPS) is 22.5. The second kappa shape index (κ2) is 8.97. The molecule has 2 fully saturated rings. The molecule has 2 aromatic rings. The van der Waals surface area contributed by atoms with Gasteiger partial charge in [0.1, 0.15) is 5.82 Å².